The number of hydrogen-bond donors (Lipinski definition) is 1. The molecule has 0 fully saturated rings. The van der Waals surface area contributed by atoms with E-state index in [1.807, 2.05) is 6.07 Å². The van der Waals surface area contributed by atoms with Gasteiger partial charge in [0.2, 0.25) is 5.91 Å². The van der Waals surface area contributed by atoms with Gasteiger partial charge in [-0.2, -0.15) is 0 Å². The van der Waals surface area contributed by atoms with E-state index in [2.05, 4.69) is 55.1 Å². The third-order valence-corrected chi connectivity index (χ3v) is 5.19. The van der Waals surface area contributed by atoms with Crippen LogP contribution in [0.15, 0.2) is 42.5 Å². The molecule has 4 nitrogen and oxygen atoms in total. The van der Waals surface area contributed by atoms with Gasteiger partial charge >= 0.3 is 0 Å². The number of fused-ring (bicyclic) bond motifs is 2. The molecule has 2 aliphatic rings. The third kappa shape index (κ3) is 3.14. The molecule has 1 amide bonds. The number of nitrogens with two attached hydrogens (primary N) is 1. The van der Waals surface area contributed by atoms with Crippen LogP contribution < -0.4 is 10.5 Å². The Labute approximate surface area is 148 Å². The molecular weight excluding hydrogens is 312 g/mol. The summed E-state index contributed by atoms with van der Waals surface area (Å²) in [6.45, 7) is 5.69. The second-order valence-corrected chi connectivity index (χ2v) is 7.78. The Kier molecular flexibility index (Phi) is 3.80. The van der Waals surface area contributed by atoms with E-state index in [0.29, 0.717) is 6.42 Å². The van der Waals surface area contributed by atoms with E-state index in [1.54, 1.807) is 0 Å². The standard InChI is InChI=1S/C21H24N2O2/c1-21(2)11-17-9-14(7-8-19(17)25-21)12-23-13-16-6-4-3-5-15(16)10-18(23)20(22)24/h3-9,18H,10-13H2,1-2H3,(H2,22,24)/t18-/m0/s1. The van der Waals surface area contributed by atoms with Crippen molar-refractivity contribution in [3.63, 3.8) is 0 Å². The first-order chi connectivity index (χ1) is 11.9. The van der Waals surface area contributed by atoms with Gasteiger partial charge in [-0.1, -0.05) is 36.4 Å². The molecule has 4 rings (SSSR count). The largest absolute Gasteiger partial charge is 0.487 e. The highest BCUT2D eigenvalue weighted by molar-refractivity contribution is 5.80. The maximum absolute atomic E-state index is 12.0. The highest BCUT2D eigenvalue weighted by Crippen LogP contribution is 2.35. The Hall–Kier alpha value is -2.33. The Morgan fingerprint density at radius 1 is 1.20 bits per heavy atom. The summed E-state index contributed by atoms with van der Waals surface area (Å²) in [6, 6.07) is 14.4. The predicted molar refractivity (Wildman–Crippen MR) is 97.2 cm³/mol. The van der Waals surface area contributed by atoms with Gasteiger partial charge in [-0.05, 0) is 48.6 Å². The number of nitrogens with zero attached hydrogens (tertiary/aromatic N) is 1. The van der Waals surface area contributed by atoms with Gasteiger partial charge in [0.15, 0.2) is 0 Å². The lowest BCUT2D eigenvalue weighted by Gasteiger charge is -2.35. The van der Waals surface area contributed by atoms with Crippen molar-refractivity contribution in [1.29, 1.82) is 0 Å². The lowest BCUT2D eigenvalue weighted by molar-refractivity contribution is -0.124. The summed E-state index contributed by atoms with van der Waals surface area (Å²) in [5.74, 6) is 0.726. The van der Waals surface area contributed by atoms with Crippen molar-refractivity contribution in [2.45, 2.75) is 51.4 Å². The third-order valence-electron chi connectivity index (χ3n) is 5.19. The van der Waals surface area contributed by atoms with Crippen molar-refractivity contribution in [3.8, 4) is 5.75 Å². The first-order valence-corrected chi connectivity index (χ1v) is 8.82. The number of amides is 1. The van der Waals surface area contributed by atoms with Crippen LogP contribution in [0.3, 0.4) is 0 Å². The molecule has 0 saturated carbocycles. The molecule has 0 radical (unpaired) electrons. The predicted octanol–water partition coefficient (Wildman–Crippen LogP) is 2.81. The van der Waals surface area contributed by atoms with Crippen molar-refractivity contribution >= 4 is 5.91 Å². The van der Waals surface area contributed by atoms with Crippen LogP contribution >= 0.6 is 0 Å². The summed E-state index contributed by atoms with van der Waals surface area (Å²) in [7, 11) is 0. The molecule has 0 spiro atoms. The molecule has 2 aromatic rings. The molecule has 1 atom stereocenters. The monoisotopic (exact) mass is 336 g/mol. The summed E-state index contributed by atoms with van der Waals surface area (Å²) in [5.41, 5.74) is 10.5. The normalized spacial score (nSPS) is 21.3. The molecule has 0 bridgehead atoms. The maximum atomic E-state index is 12.0. The maximum Gasteiger partial charge on any atom is 0.235 e. The van der Waals surface area contributed by atoms with Crippen molar-refractivity contribution < 1.29 is 9.53 Å². The molecule has 25 heavy (non-hydrogen) atoms. The summed E-state index contributed by atoms with van der Waals surface area (Å²) in [5, 5.41) is 0. The van der Waals surface area contributed by atoms with Crippen molar-refractivity contribution in [3.05, 3.63) is 64.7 Å². The Morgan fingerprint density at radius 2 is 1.96 bits per heavy atom. The van der Waals surface area contributed by atoms with E-state index in [9.17, 15) is 4.79 Å². The molecule has 130 valence electrons. The Balaban J connectivity index is 1.59. The lowest BCUT2D eigenvalue weighted by atomic mass is 9.93. The average Bonchev–Trinajstić information content (AvgIpc) is 2.87. The van der Waals surface area contributed by atoms with Gasteiger partial charge in [-0.15, -0.1) is 0 Å². The fourth-order valence-electron chi connectivity index (χ4n) is 4.02. The molecule has 2 heterocycles. The number of hydrogen-bond acceptors (Lipinski definition) is 3. The summed E-state index contributed by atoms with van der Waals surface area (Å²) in [6.07, 6.45) is 1.60. The van der Waals surface area contributed by atoms with Crippen LogP contribution in [0.25, 0.3) is 0 Å². The zero-order valence-corrected chi connectivity index (χ0v) is 14.8. The second kappa shape index (κ2) is 5.88. The lowest BCUT2D eigenvalue weighted by Crippen LogP contribution is -2.48. The highest BCUT2D eigenvalue weighted by Gasteiger charge is 2.32. The average molecular weight is 336 g/mol. The van der Waals surface area contributed by atoms with Gasteiger partial charge in [0.1, 0.15) is 11.4 Å². The van der Waals surface area contributed by atoms with Gasteiger partial charge in [0.05, 0.1) is 6.04 Å². The molecular formula is C21H24N2O2. The van der Waals surface area contributed by atoms with Crippen LogP contribution in [-0.4, -0.2) is 22.4 Å². The van der Waals surface area contributed by atoms with E-state index in [0.717, 1.165) is 25.3 Å². The van der Waals surface area contributed by atoms with Crippen LogP contribution in [0.5, 0.6) is 5.75 Å². The van der Waals surface area contributed by atoms with Crippen molar-refractivity contribution in [2.75, 3.05) is 0 Å². The van der Waals surface area contributed by atoms with Crippen molar-refractivity contribution in [2.24, 2.45) is 5.73 Å². The van der Waals surface area contributed by atoms with Gasteiger partial charge in [0.25, 0.3) is 0 Å². The van der Waals surface area contributed by atoms with Crippen LogP contribution in [0.2, 0.25) is 0 Å². The van der Waals surface area contributed by atoms with Crippen LogP contribution in [-0.2, 0) is 30.7 Å². The molecule has 2 aliphatic heterocycles. The Bertz CT molecular complexity index is 828. The van der Waals surface area contributed by atoms with Crippen LogP contribution in [0.4, 0.5) is 0 Å². The molecule has 0 saturated heterocycles. The smallest absolute Gasteiger partial charge is 0.235 e. The SMILES string of the molecule is CC1(C)Cc2cc(CN3Cc4ccccc4C[C@H]3C(N)=O)ccc2O1. The van der Waals surface area contributed by atoms with Gasteiger partial charge in [-0.25, -0.2) is 0 Å². The number of carbonyl (C=O) groups is 1. The molecule has 0 aromatic heterocycles. The van der Waals surface area contributed by atoms with Crippen LogP contribution in [0.1, 0.15) is 36.1 Å². The minimum atomic E-state index is -0.254. The van der Waals surface area contributed by atoms with E-state index in [4.69, 9.17) is 10.5 Å². The summed E-state index contributed by atoms with van der Waals surface area (Å²) >= 11 is 0. The quantitative estimate of drug-likeness (QED) is 0.938. The number of primary amides is 1. The van der Waals surface area contributed by atoms with Crippen LogP contribution in [0, 0.1) is 0 Å². The van der Waals surface area contributed by atoms with E-state index >= 15 is 0 Å². The molecule has 2 N–H and O–H groups in total. The van der Waals surface area contributed by atoms with Gasteiger partial charge in [0, 0.05) is 19.5 Å². The van der Waals surface area contributed by atoms with E-state index in [-0.39, 0.29) is 17.6 Å². The molecule has 0 unspecified atom stereocenters. The minimum Gasteiger partial charge on any atom is -0.487 e. The zero-order chi connectivity index (χ0) is 17.6. The first-order valence-electron chi connectivity index (χ1n) is 8.82. The molecule has 0 aliphatic carbocycles. The number of benzene rings is 2. The zero-order valence-electron chi connectivity index (χ0n) is 14.8. The fourth-order valence-corrected chi connectivity index (χ4v) is 4.02. The summed E-state index contributed by atoms with van der Waals surface area (Å²) in [4.78, 5) is 14.2. The van der Waals surface area contributed by atoms with Gasteiger partial charge < -0.3 is 10.5 Å². The Morgan fingerprint density at radius 3 is 2.72 bits per heavy atom. The minimum absolute atomic E-state index is 0.138. The topological polar surface area (TPSA) is 55.6 Å². The fraction of sp³-hybridized carbons (Fsp3) is 0.381. The van der Waals surface area contributed by atoms with Crippen molar-refractivity contribution in [1.82, 2.24) is 4.90 Å². The first kappa shape index (κ1) is 16.2. The molecule has 2 aromatic carbocycles. The summed E-state index contributed by atoms with van der Waals surface area (Å²) < 4.78 is 5.96. The molecule has 4 heteroatoms. The second-order valence-electron chi connectivity index (χ2n) is 7.78. The number of carbonyl (C=O) groups excluding carboxylic acids is 1. The highest BCUT2D eigenvalue weighted by atomic mass is 16.5. The van der Waals surface area contributed by atoms with E-state index < -0.39 is 0 Å². The van der Waals surface area contributed by atoms with Gasteiger partial charge in [-0.3, -0.25) is 9.69 Å². The van der Waals surface area contributed by atoms with E-state index in [1.165, 1.54) is 22.3 Å². The number of ether oxygens (including phenoxy) is 1. The number of rotatable bonds is 3.